The molecule has 2 heterocycles. The van der Waals surface area contributed by atoms with E-state index in [1.807, 2.05) is 0 Å². The minimum atomic E-state index is -4.91. The molecule has 0 spiro atoms. The van der Waals surface area contributed by atoms with Crippen LogP contribution in [0.4, 0.5) is 10.5 Å². The Morgan fingerprint density at radius 3 is 2.24 bits per heavy atom. The molecule has 1 aromatic rings. The zero-order chi connectivity index (χ0) is 31.8. The van der Waals surface area contributed by atoms with Gasteiger partial charge in [0.15, 0.2) is 6.04 Å². The summed E-state index contributed by atoms with van der Waals surface area (Å²) in [5, 5.41) is 9.90. The molecule has 19 heteroatoms. The van der Waals surface area contributed by atoms with Crippen molar-refractivity contribution in [3.8, 4) is 0 Å². The molecule has 2 amide bonds. The molecule has 2 aliphatic heterocycles. The number of carbonyl (C=O) groups is 4. The van der Waals surface area contributed by atoms with Crippen molar-refractivity contribution in [3.05, 3.63) is 45.6 Å². The van der Waals surface area contributed by atoms with Gasteiger partial charge in [-0.15, -0.1) is 11.8 Å². The first-order valence-corrected chi connectivity index (χ1v) is 15.4. The van der Waals surface area contributed by atoms with Crippen LogP contribution in [-0.4, -0.2) is 86.3 Å². The Labute approximate surface area is 259 Å². The van der Waals surface area contributed by atoms with E-state index in [9.17, 15) is 37.7 Å². The fourth-order valence-electron chi connectivity index (χ4n) is 3.78. The number of thioether (sulfide) groups is 1. The van der Waals surface area contributed by atoms with Crippen molar-refractivity contribution < 1.29 is 46.7 Å². The third-order valence-corrected chi connectivity index (χ3v) is 8.87. The topological polar surface area (TPSA) is 180 Å². The quantitative estimate of drug-likeness (QED) is 0.0970. The SMILES string of the molecule is CC(=O)OCC1=C(C(=O)OC(C)(C)C)N2C(=O)[C@H](N(C(=O)OCC(Cl)(Cl)Cl)S(=O)(=O)c3ccc([N+](=O)[O-])cc3)[C@H]2SC1. The van der Waals surface area contributed by atoms with Crippen LogP contribution in [0.1, 0.15) is 27.7 Å². The number of ether oxygens (including phenoxy) is 3. The number of non-ortho nitro benzene ring substituents is 1. The number of esters is 2. The molecular weight excluding hydrogens is 665 g/mol. The van der Waals surface area contributed by atoms with Crippen LogP contribution in [0.2, 0.25) is 0 Å². The molecule has 42 heavy (non-hydrogen) atoms. The summed E-state index contributed by atoms with van der Waals surface area (Å²) in [5.41, 5.74) is -1.47. The van der Waals surface area contributed by atoms with Crippen LogP contribution in [-0.2, 0) is 38.6 Å². The molecule has 14 nitrogen and oxygen atoms in total. The number of carbonyl (C=O) groups excluding carboxylic acids is 4. The monoisotopic (exact) mass is 687 g/mol. The van der Waals surface area contributed by atoms with Gasteiger partial charge in [-0.2, -0.15) is 4.31 Å². The summed E-state index contributed by atoms with van der Waals surface area (Å²) in [6, 6.07) is 1.80. The first-order chi connectivity index (χ1) is 19.2. The number of alkyl halides is 3. The summed E-state index contributed by atoms with van der Waals surface area (Å²) in [6.45, 7) is 4.68. The lowest BCUT2D eigenvalue weighted by atomic mass is 10.0. The third kappa shape index (κ3) is 7.58. The lowest BCUT2D eigenvalue weighted by Gasteiger charge is -2.52. The second-order valence-corrected chi connectivity index (χ2v) is 15.2. The smallest absolute Gasteiger partial charge is 0.424 e. The number of hydrogen-bond acceptors (Lipinski definition) is 12. The number of amides is 2. The van der Waals surface area contributed by atoms with E-state index in [4.69, 9.17) is 49.0 Å². The van der Waals surface area contributed by atoms with Gasteiger partial charge >= 0.3 is 18.0 Å². The van der Waals surface area contributed by atoms with Gasteiger partial charge < -0.3 is 14.2 Å². The fourth-order valence-corrected chi connectivity index (χ4v) is 6.85. The highest BCUT2D eigenvalue weighted by Gasteiger charge is 2.61. The maximum absolute atomic E-state index is 13.7. The molecule has 0 unspecified atom stereocenters. The second kappa shape index (κ2) is 12.4. The molecule has 2 aliphatic rings. The first-order valence-electron chi connectivity index (χ1n) is 11.8. The number of fused-ring (bicyclic) bond motifs is 1. The summed E-state index contributed by atoms with van der Waals surface area (Å²) in [4.78, 5) is 62.1. The number of benzene rings is 1. The molecule has 1 saturated heterocycles. The van der Waals surface area contributed by atoms with Crippen LogP contribution in [0.25, 0.3) is 0 Å². The van der Waals surface area contributed by atoms with Gasteiger partial charge in [0.25, 0.3) is 21.6 Å². The number of rotatable bonds is 8. The van der Waals surface area contributed by atoms with Gasteiger partial charge in [-0.3, -0.25) is 24.6 Å². The predicted octanol–water partition coefficient (Wildman–Crippen LogP) is 3.53. The van der Waals surface area contributed by atoms with E-state index in [-0.39, 0.29) is 27.9 Å². The number of sulfonamides is 1. The molecule has 0 saturated carbocycles. The van der Waals surface area contributed by atoms with E-state index in [2.05, 4.69) is 0 Å². The Morgan fingerprint density at radius 2 is 1.74 bits per heavy atom. The Kier molecular flexibility index (Phi) is 9.99. The average Bonchev–Trinajstić information content (AvgIpc) is 2.86. The number of β-lactam (4-membered cyclic amide) rings is 1. The predicted molar refractivity (Wildman–Crippen MR) is 150 cm³/mol. The normalized spacial score (nSPS) is 18.9. The zero-order valence-corrected chi connectivity index (χ0v) is 26.3. The van der Waals surface area contributed by atoms with Crippen LogP contribution >= 0.6 is 46.6 Å². The molecule has 0 N–H and O–H groups in total. The van der Waals surface area contributed by atoms with E-state index in [1.54, 1.807) is 20.8 Å². The molecule has 230 valence electrons. The van der Waals surface area contributed by atoms with Gasteiger partial charge in [-0.25, -0.2) is 18.0 Å². The average molecular weight is 689 g/mol. The number of nitro groups is 1. The number of nitrogens with zero attached hydrogens (tertiary/aromatic N) is 3. The van der Waals surface area contributed by atoms with Gasteiger partial charge in [0, 0.05) is 30.4 Å². The highest BCUT2D eigenvalue weighted by atomic mass is 35.6. The fraction of sp³-hybridized carbons (Fsp3) is 0.478. The van der Waals surface area contributed by atoms with Crippen LogP contribution < -0.4 is 0 Å². The summed E-state index contributed by atoms with van der Waals surface area (Å²) >= 11 is 17.9. The second-order valence-electron chi connectivity index (χ2n) is 9.81. The van der Waals surface area contributed by atoms with Crippen molar-refractivity contribution in [1.29, 1.82) is 0 Å². The molecule has 0 bridgehead atoms. The van der Waals surface area contributed by atoms with E-state index in [1.165, 1.54) is 0 Å². The molecule has 2 atom stereocenters. The van der Waals surface area contributed by atoms with Crippen molar-refractivity contribution in [3.63, 3.8) is 0 Å². The number of halogens is 3. The van der Waals surface area contributed by atoms with Crippen molar-refractivity contribution >= 4 is 86.2 Å². The molecule has 0 aromatic heterocycles. The van der Waals surface area contributed by atoms with Crippen molar-refractivity contribution in [1.82, 2.24) is 9.21 Å². The van der Waals surface area contributed by atoms with Crippen molar-refractivity contribution in [2.45, 2.75) is 53.4 Å². The summed E-state index contributed by atoms with van der Waals surface area (Å²) in [5.74, 6) is -2.61. The molecule has 3 rings (SSSR count). The van der Waals surface area contributed by atoms with Gasteiger partial charge in [-0.1, -0.05) is 34.8 Å². The van der Waals surface area contributed by atoms with Crippen LogP contribution in [0.5, 0.6) is 0 Å². The number of nitro benzene ring substituents is 1. The van der Waals surface area contributed by atoms with Gasteiger partial charge in [0.2, 0.25) is 3.79 Å². The zero-order valence-electron chi connectivity index (χ0n) is 22.4. The van der Waals surface area contributed by atoms with Gasteiger partial charge in [-0.05, 0) is 32.9 Å². The van der Waals surface area contributed by atoms with Crippen LogP contribution in [0.3, 0.4) is 0 Å². The van der Waals surface area contributed by atoms with E-state index < -0.39 is 76.9 Å². The van der Waals surface area contributed by atoms with Crippen molar-refractivity contribution in [2.75, 3.05) is 19.0 Å². The highest BCUT2D eigenvalue weighted by Crippen LogP contribution is 2.45. The standard InChI is InChI=1S/C23H24Cl3N3O11S2/c1-12(30)38-9-13-10-41-19-17(18(31)27(19)16(13)20(32)40-22(2,3)4)28(21(33)39-11-23(24,25)26)42(36,37)15-7-5-14(6-8-15)29(34)35/h5-8,17,19H,9-11H2,1-4H3/t17-,19+/m0/s1. The summed E-state index contributed by atoms with van der Waals surface area (Å²) < 4.78 is 40.8. The molecule has 0 radical (unpaired) electrons. The maximum Gasteiger partial charge on any atom is 0.424 e. The van der Waals surface area contributed by atoms with Gasteiger partial charge in [0.1, 0.15) is 29.9 Å². The molecular formula is C23H24Cl3N3O11S2. The Bertz CT molecular complexity index is 1440. The maximum atomic E-state index is 13.7. The van der Waals surface area contributed by atoms with Crippen LogP contribution in [0.15, 0.2) is 40.4 Å². The van der Waals surface area contributed by atoms with E-state index in [0.717, 1.165) is 47.9 Å². The Balaban J connectivity index is 2.06. The highest BCUT2D eigenvalue weighted by molar-refractivity contribution is 8.00. The summed E-state index contributed by atoms with van der Waals surface area (Å²) in [7, 11) is -4.91. The minimum Gasteiger partial charge on any atom is -0.461 e. The third-order valence-electron chi connectivity index (χ3n) is 5.46. The lowest BCUT2D eigenvalue weighted by Crippen LogP contribution is -2.72. The van der Waals surface area contributed by atoms with E-state index in [0.29, 0.717) is 0 Å². The Hall–Kier alpha value is -2.79. The van der Waals surface area contributed by atoms with E-state index >= 15 is 0 Å². The molecule has 0 aliphatic carbocycles. The molecule has 1 fully saturated rings. The van der Waals surface area contributed by atoms with Gasteiger partial charge in [0.05, 0.1) is 9.82 Å². The van der Waals surface area contributed by atoms with Crippen molar-refractivity contribution in [2.24, 2.45) is 0 Å². The van der Waals surface area contributed by atoms with Crippen LogP contribution in [0, 0.1) is 10.1 Å². The Morgan fingerprint density at radius 1 is 1.14 bits per heavy atom. The first kappa shape index (κ1) is 33.7. The molecule has 1 aromatic carbocycles. The summed E-state index contributed by atoms with van der Waals surface area (Å²) in [6.07, 6.45) is -1.58. The lowest BCUT2D eigenvalue weighted by molar-refractivity contribution is -0.384. The largest absolute Gasteiger partial charge is 0.461 e. The minimum absolute atomic E-state index is 0.0125. The number of hydrogen-bond donors (Lipinski definition) is 0.